The summed E-state index contributed by atoms with van der Waals surface area (Å²) in [5, 5.41) is 4.70. The van der Waals surface area contributed by atoms with Gasteiger partial charge >= 0.3 is 5.97 Å². The van der Waals surface area contributed by atoms with Crippen molar-refractivity contribution in [3.05, 3.63) is 77.7 Å². The van der Waals surface area contributed by atoms with E-state index in [0.717, 1.165) is 53.4 Å². The average Bonchev–Trinajstić information content (AvgIpc) is 3.54. The van der Waals surface area contributed by atoms with E-state index < -0.39 is 0 Å². The molecule has 1 unspecified atom stereocenters. The Hall–Kier alpha value is -3.78. The van der Waals surface area contributed by atoms with Crippen molar-refractivity contribution < 1.29 is 14.3 Å². The molecule has 0 radical (unpaired) electrons. The highest BCUT2D eigenvalue weighted by Crippen LogP contribution is 2.26. The first-order valence-electron chi connectivity index (χ1n) is 11.4. The molecule has 4 aromatic rings. The van der Waals surface area contributed by atoms with E-state index in [9.17, 15) is 4.79 Å². The van der Waals surface area contributed by atoms with Crippen molar-refractivity contribution in [2.24, 2.45) is 0 Å². The molecule has 4 heterocycles. The summed E-state index contributed by atoms with van der Waals surface area (Å²) < 4.78 is 12.1. The molecule has 3 aromatic heterocycles. The summed E-state index contributed by atoms with van der Waals surface area (Å²) in [6.45, 7) is 1.70. The van der Waals surface area contributed by atoms with E-state index in [1.54, 1.807) is 30.0 Å². The van der Waals surface area contributed by atoms with E-state index in [4.69, 9.17) is 19.6 Å². The van der Waals surface area contributed by atoms with Crippen LogP contribution in [0.5, 0.6) is 0 Å². The van der Waals surface area contributed by atoms with Crippen LogP contribution < -0.4 is 4.90 Å². The van der Waals surface area contributed by atoms with Crippen LogP contribution >= 0.6 is 0 Å². The summed E-state index contributed by atoms with van der Waals surface area (Å²) in [4.78, 5) is 23.8. The second kappa shape index (κ2) is 9.61. The van der Waals surface area contributed by atoms with Crippen LogP contribution in [0.3, 0.4) is 0 Å². The van der Waals surface area contributed by atoms with E-state index in [1.807, 2.05) is 30.5 Å². The van der Waals surface area contributed by atoms with Gasteiger partial charge in [-0.05, 0) is 43.2 Å². The van der Waals surface area contributed by atoms with Gasteiger partial charge in [0.05, 0.1) is 31.0 Å². The van der Waals surface area contributed by atoms with Gasteiger partial charge in [-0.15, -0.1) is 0 Å². The fraction of sp³-hybridized carbons (Fsp3) is 0.308. The molecule has 8 nitrogen and oxygen atoms in total. The molecule has 1 saturated heterocycles. The van der Waals surface area contributed by atoms with Crippen molar-refractivity contribution >= 4 is 17.4 Å². The summed E-state index contributed by atoms with van der Waals surface area (Å²) in [6.07, 6.45) is 6.45. The number of rotatable bonds is 7. The number of aromatic nitrogens is 4. The van der Waals surface area contributed by atoms with Gasteiger partial charge in [0, 0.05) is 49.3 Å². The zero-order valence-electron chi connectivity index (χ0n) is 19.3. The minimum Gasteiger partial charge on any atom is -0.465 e. The lowest BCUT2D eigenvalue weighted by Crippen LogP contribution is -2.33. The molecule has 0 aliphatic carbocycles. The Morgan fingerprint density at radius 2 is 2.03 bits per heavy atom. The number of carbonyl (C=O) groups is 1. The maximum Gasteiger partial charge on any atom is 0.337 e. The predicted molar refractivity (Wildman–Crippen MR) is 129 cm³/mol. The number of carbonyl (C=O) groups excluding carboxylic acids is 1. The molecular weight excluding hydrogens is 430 g/mol. The largest absolute Gasteiger partial charge is 0.465 e. The minimum absolute atomic E-state index is 0.362. The van der Waals surface area contributed by atoms with E-state index in [0.29, 0.717) is 24.6 Å². The van der Waals surface area contributed by atoms with Gasteiger partial charge in [-0.3, -0.25) is 0 Å². The van der Waals surface area contributed by atoms with E-state index in [2.05, 4.69) is 22.0 Å². The third-order valence-corrected chi connectivity index (χ3v) is 6.21. The van der Waals surface area contributed by atoms with Crippen LogP contribution in [0.15, 0.2) is 60.9 Å². The first kappa shape index (κ1) is 22.0. The normalized spacial score (nSPS) is 15.7. The van der Waals surface area contributed by atoms with Gasteiger partial charge in [-0.25, -0.2) is 19.3 Å². The number of nitrogens with zero attached hydrogens (tertiary/aromatic N) is 5. The number of methoxy groups -OCH3 is 2. The second-order valence-electron chi connectivity index (χ2n) is 8.43. The molecule has 1 atom stereocenters. The number of fused-ring (bicyclic) bond motifs is 1. The van der Waals surface area contributed by atoms with Crippen molar-refractivity contribution in [2.75, 3.05) is 32.3 Å². The van der Waals surface area contributed by atoms with Gasteiger partial charge in [0.2, 0.25) is 0 Å². The van der Waals surface area contributed by atoms with Gasteiger partial charge in [0.25, 0.3) is 0 Å². The van der Waals surface area contributed by atoms with Crippen LogP contribution in [0.1, 0.15) is 34.5 Å². The number of esters is 1. The van der Waals surface area contributed by atoms with Gasteiger partial charge in [-0.2, -0.15) is 5.10 Å². The second-order valence-corrected chi connectivity index (χ2v) is 8.43. The number of anilines is 1. The monoisotopic (exact) mass is 457 g/mol. The van der Waals surface area contributed by atoms with E-state index >= 15 is 0 Å². The summed E-state index contributed by atoms with van der Waals surface area (Å²) in [5.41, 5.74) is 4.84. The van der Waals surface area contributed by atoms with Crippen molar-refractivity contribution in [1.82, 2.24) is 19.6 Å². The van der Waals surface area contributed by atoms with Crippen LogP contribution in [-0.2, 0) is 15.9 Å². The topological polar surface area (TPSA) is 81.8 Å². The van der Waals surface area contributed by atoms with Crippen LogP contribution in [-0.4, -0.2) is 59.0 Å². The van der Waals surface area contributed by atoms with E-state index in [1.165, 1.54) is 7.11 Å². The standard InChI is InChI=1S/C26H27N5O3/c1-33-17-22-9-5-12-30(22)24-10-4-8-21(28-24)15-20-16-23(29-31-13-11-27-25(20)31)18-6-3-7-19(14-18)26(32)34-2/h3-4,6-8,10-11,13-14,16,22H,5,9,12,15,17H2,1-2H3. The lowest BCUT2D eigenvalue weighted by Gasteiger charge is -2.25. The lowest BCUT2D eigenvalue weighted by atomic mass is 10.0. The molecule has 0 bridgehead atoms. The van der Waals surface area contributed by atoms with Crippen LogP contribution in [0.25, 0.3) is 16.9 Å². The van der Waals surface area contributed by atoms with Crippen molar-refractivity contribution in [1.29, 1.82) is 0 Å². The van der Waals surface area contributed by atoms with Gasteiger partial charge in [0.1, 0.15) is 5.82 Å². The molecule has 0 spiro atoms. The molecular formula is C26H27N5O3. The summed E-state index contributed by atoms with van der Waals surface area (Å²) in [5.74, 6) is 0.608. The van der Waals surface area contributed by atoms with Crippen molar-refractivity contribution in [3.63, 3.8) is 0 Å². The highest BCUT2D eigenvalue weighted by molar-refractivity contribution is 5.90. The van der Waals surface area contributed by atoms with Crippen LogP contribution in [0.2, 0.25) is 0 Å². The predicted octanol–water partition coefficient (Wildman–Crippen LogP) is 3.78. The molecule has 1 aliphatic heterocycles. The minimum atomic E-state index is -0.375. The Morgan fingerprint density at radius 3 is 2.88 bits per heavy atom. The Morgan fingerprint density at radius 1 is 1.15 bits per heavy atom. The summed E-state index contributed by atoms with van der Waals surface area (Å²) >= 11 is 0. The third kappa shape index (κ3) is 4.36. The molecule has 1 aromatic carbocycles. The van der Waals surface area contributed by atoms with Crippen LogP contribution in [0.4, 0.5) is 5.82 Å². The van der Waals surface area contributed by atoms with E-state index in [-0.39, 0.29) is 5.97 Å². The maximum atomic E-state index is 12.0. The first-order chi connectivity index (χ1) is 16.7. The highest BCUT2D eigenvalue weighted by Gasteiger charge is 2.25. The molecule has 1 aliphatic rings. The van der Waals surface area contributed by atoms with Gasteiger partial charge < -0.3 is 14.4 Å². The quantitative estimate of drug-likeness (QED) is 0.391. The first-order valence-corrected chi connectivity index (χ1v) is 11.4. The molecule has 5 rings (SSSR count). The Bertz CT molecular complexity index is 1320. The fourth-order valence-corrected chi connectivity index (χ4v) is 4.60. The molecule has 8 heteroatoms. The third-order valence-electron chi connectivity index (χ3n) is 6.21. The zero-order valence-corrected chi connectivity index (χ0v) is 19.3. The number of ether oxygens (including phenoxy) is 2. The Kier molecular flexibility index (Phi) is 6.22. The van der Waals surface area contributed by atoms with Crippen molar-refractivity contribution in [3.8, 4) is 11.3 Å². The maximum absolute atomic E-state index is 12.0. The number of imidazole rings is 1. The summed E-state index contributed by atoms with van der Waals surface area (Å²) in [6, 6.07) is 15.9. The van der Waals surface area contributed by atoms with Crippen LogP contribution in [0, 0.1) is 0 Å². The van der Waals surface area contributed by atoms with Gasteiger partial charge in [-0.1, -0.05) is 18.2 Å². The summed E-state index contributed by atoms with van der Waals surface area (Å²) in [7, 11) is 3.13. The highest BCUT2D eigenvalue weighted by atomic mass is 16.5. The average molecular weight is 458 g/mol. The molecule has 0 saturated carbocycles. The Labute approximate surface area is 198 Å². The zero-order chi connectivity index (χ0) is 23.5. The van der Waals surface area contributed by atoms with Crippen molar-refractivity contribution in [2.45, 2.75) is 25.3 Å². The number of benzene rings is 1. The SMILES string of the molecule is COCC1CCCN1c1cccc(Cc2cc(-c3cccc(C(=O)OC)c3)nn3ccnc23)n1. The Balaban J connectivity index is 1.48. The molecule has 0 N–H and O–H groups in total. The number of hydrogen-bond acceptors (Lipinski definition) is 7. The lowest BCUT2D eigenvalue weighted by molar-refractivity contribution is 0.0601. The fourth-order valence-electron chi connectivity index (χ4n) is 4.60. The molecule has 0 amide bonds. The smallest absolute Gasteiger partial charge is 0.337 e. The van der Waals surface area contributed by atoms with Gasteiger partial charge in [0.15, 0.2) is 5.65 Å². The number of pyridine rings is 1. The molecule has 34 heavy (non-hydrogen) atoms. The number of hydrogen-bond donors (Lipinski definition) is 0. The molecule has 1 fully saturated rings. The molecule has 174 valence electrons.